The molecule has 2 N–H and O–H groups in total. The lowest BCUT2D eigenvalue weighted by Gasteiger charge is -2.14. The molecular weight excluding hydrogens is 260 g/mol. The fourth-order valence-electron chi connectivity index (χ4n) is 1.80. The standard InChI is InChI=1S/C14H20N2O4/c1-2-3-6-11(14(19)20)15-12(17)8-10-16-9-5-4-7-13(16)18/h4-5,7,9,11H,2-3,6,8,10H2,1H3,(H,15,17)(H,19,20)/t11-/m0/s1. The maximum atomic E-state index is 11.7. The molecular formula is C14H20N2O4. The van der Waals surface area contributed by atoms with Crippen LogP contribution in [0.25, 0.3) is 0 Å². The van der Waals surface area contributed by atoms with Crippen molar-refractivity contribution in [2.24, 2.45) is 0 Å². The third-order valence-corrected chi connectivity index (χ3v) is 2.96. The Hall–Kier alpha value is -2.11. The first-order valence-corrected chi connectivity index (χ1v) is 6.72. The number of carbonyl (C=O) groups excluding carboxylic acids is 1. The zero-order valence-corrected chi connectivity index (χ0v) is 11.5. The van der Waals surface area contributed by atoms with E-state index in [9.17, 15) is 14.4 Å². The predicted octanol–water partition coefficient (Wildman–Crippen LogP) is 0.998. The number of carbonyl (C=O) groups is 2. The SMILES string of the molecule is CCCC[C@H](NC(=O)CCn1ccccc1=O)C(=O)O. The third-order valence-electron chi connectivity index (χ3n) is 2.96. The summed E-state index contributed by atoms with van der Waals surface area (Å²) in [6.07, 6.45) is 3.72. The zero-order chi connectivity index (χ0) is 15.0. The molecule has 0 fully saturated rings. The van der Waals surface area contributed by atoms with E-state index in [1.807, 2.05) is 6.92 Å². The summed E-state index contributed by atoms with van der Waals surface area (Å²) < 4.78 is 1.42. The van der Waals surface area contributed by atoms with E-state index in [4.69, 9.17) is 5.11 Å². The second-order valence-corrected chi connectivity index (χ2v) is 4.58. The monoisotopic (exact) mass is 280 g/mol. The second-order valence-electron chi connectivity index (χ2n) is 4.58. The van der Waals surface area contributed by atoms with Gasteiger partial charge in [-0.2, -0.15) is 0 Å². The van der Waals surface area contributed by atoms with Crippen molar-refractivity contribution in [2.75, 3.05) is 0 Å². The Balaban J connectivity index is 2.48. The fourth-order valence-corrected chi connectivity index (χ4v) is 1.80. The Kier molecular flexibility index (Phi) is 6.49. The second kappa shape index (κ2) is 8.14. The highest BCUT2D eigenvalue weighted by Crippen LogP contribution is 2.01. The van der Waals surface area contributed by atoms with Crippen LogP contribution in [0, 0.1) is 0 Å². The number of rotatable bonds is 8. The van der Waals surface area contributed by atoms with Gasteiger partial charge in [-0.05, 0) is 12.5 Å². The lowest BCUT2D eigenvalue weighted by atomic mass is 10.1. The topological polar surface area (TPSA) is 88.4 Å². The molecule has 110 valence electrons. The molecule has 1 heterocycles. The maximum Gasteiger partial charge on any atom is 0.326 e. The van der Waals surface area contributed by atoms with Crippen LogP contribution in [0.15, 0.2) is 29.2 Å². The van der Waals surface area contributed by atoms with Gasteiger partial charge in [0.15, 0.2) is 0 Å². The van der Waals surface area contributed by atoms with Gasteiger partial charge in [-0.25, -0.2) is 4.79 Å². The summed E-state index contributed by atoms with van der Waals surface area (Å²) in [5.74, 6) is -1.38. The Morgan fingerprint density at radius 3 is 2.75 bits per heavy atom. The highest BCUT2D eigenvalue weighted by Gasteiger charge is 2.18. The Morgan fingerprint density at radius 2 is 2.15 bits per heavy atom. The van der Waals surface area contributed by atoms with Gasteiger partial charge >= 0.3 is 5.97 Å². The molecule has 1 rings (SSSR count). The number of hydrogen-bond acceptors (Lipinski definition) is 3. The van der Waals surface area contributed by atoms with Crippen molar-refractivity contribution in [1.29, 1.82) is 0 Å². The molecule has 0 saturated heterocycles. The van der Waals surface area contributed by atoms with Crippen molar-refractivity contribution in [1.82, 2.24) is 9.88 Å². The minimum Gasteiger partial charge on any atom is -0.480 e. The summed E-state index contributed by atoms with van der Waals surface area (Å²) in [5, 5.41) is 11.5. The van der Waals surface area contributed by atoms with Crippen LogP contribution in [-0.2, 0) is 16.1 Å². The molecule has 1 atom stereocenters. The molecule has 0 aliphatic heterocycles. The van der Waals surface area contributed by atoms with Crippen molar-refractivity contribution in [3.05, 3.63) is 34.7 Å². The van der Waals surface area contributed by atoms with Crippen LogP contribution in [0.4, 0.5) is 0 Å². The molecule has 20 heavy (non-hydrogen) atoms. The number of nitrogens with one attached hydrogen (secondary N) is 1. The molecule has 0 unspecified atom stereocenters. The molecule has 6 heteroatoms. The smallest absolute Gasteiger partial charge is 0.326 e. The molecule has 0 aliphatic carbocycles. The summed E-state index contributed by atoms with van der Waals surface area (Å²) in [6.45, 7) is 2.20. The molecule has 0 saturated carbocycles. The van der Waals surface area contributed by atoms with Crippen LogP contribution in [0.3, 0.4) is 0 Å². The number of hydrogen-bond donors (Lipinski definition) is 2. The van der Waals surface area contributed by atoms with Gasteiger partial charge in [0.25, 0.3) is 5.56 Å². The van der Waals surface area contributed by atoms with E-state index in [1.54, 1.807) is 18.3 Å². The third kappa shape index (κ3) is 5.26. The van der Waals surface area contributed by atoms with E-state index in [0.29, 0.717) is 6.42 Å². The van der Waals surface area contributed by atoms with Gasteiger partial charge in [-0.1, -0.05) is 25.8 Å². The van der Waals surface area contributed by atoms with E-state index in [0.717, 1.165) is 12.8 Å². The number of carboxylic acid groups (broad SMARTS) is 1. The number of aromatic nitrogens is 1. The van der Waals surface area contributed by atoms with Crippen molar-refractivity contribution in [3.63, 3.8) is 0 Å². The summed E-state index contributed by atoms with van der Waals surface area (Å²) >= 11 is 0. The van der Waals surface area contributed by atoms with Crippen LogP contribution in [0.2, 0.25) is 0 Å². The lowest BCUT2D eigenvalue weighted by Crippen LogP contribution is -2.41. The molecule has 1 aromatic heterocycles. The van der Waals surface area contributed by atoms with E-state index in [-0.39, 0.29) is 24.4 Å². The minimum atomic E-state index is -1.02. The molecule has 1 amide bonds. The van der Waals surface area contributed by atoms with Gasteiger partial charge in [-0.15, -0.1) is 0 Å². The zero-order valence-electron chi connectivity index (χ0n) is 11.5. The number of pyridine rings is 1. The van der Waals surface area contributed by atoms with Crippen LogP contribution in [0.5, 0.6) is 0 Å². The van der Waals surface area contributed by atoms with Gasteiger partial charge in [0.1, 0.15) is 6.04 Å². The first kappa shape index (κ1) is 15.9. The van der Waals surface area contributed by atoms with Gasteiger partial charge in [0.05, 0.1) is 0 Å². The summed E-state index contributed by atoms with van der Waals surface area (Å²) in [5.41, 5.74) is -0.180. The Bertz CT molecular complexity index is 510. The van der Waals surface area contributed by atoms with Gasteiger partial charge in [0.2, 0.25) is 5.91 Å². The van der Waals surface area contributed by atoms with Crippen molar-refractivity contribution >= 4 is 11.9 Å². The van der Waals surface area contributed by atoms with Gasteiger partial charge in [-0.3, -0.25) is 9.59 Å². The van der Waals surface area contributed by atoms with Gasteiger partial charge < -0.3 is 15.0 Å². The van der Waals surface area contributed by atoms with Crippen molar-refractivity contribution in [3.8, 4) is 0 Å². The minimum absolute atomic E-state index is 0.0832. The highest BCUT2D eigenvalue weighted by atomic mass is 16.4. The first-order valence-electron chi connectivity index (χ1n) is 6.72. The number of aryl methyl sites for hydroxylation is 1. The number of aliphatic carboxylic acids is 1. The van der Waals surface area contributed by atoms with Crippen LogP contribution in [-0.4, -0.2) is 27.6 Å². The number of carboxylic acids is 1. The van der Waals surface area contributed by atoms with Crippen molar-refractivity contribution < 1.29 is 14.7 Å². The first-order chi connectivity index (χ1) is 9.54. The maximum absolute atomic E-state index is 11.7. The van der Waals surface area contributed by atoms with Crippen LogP contribution >= 0.6 is 0 Å². The molecule has 0 spiro atoms. The summed E-state index contributed by atoms with van der Waals surface area (Å²) in [4.78, 5) is 34.2. The predicted molar refractivity (Wildman–Crippen MR) is 74.4 cm³/mol. The van der Waals surface area contributed by atoms with Crippen LogP contribution < -0.4 is 10.9 Å². The molecule has 0 aliphatic rings. The fraction of sp³-hybridized carbons (Fsp3) is 0.500. The number of nitrogens with zero attached hydrogens (tertiary/aromatic N) is 1. The Labute approximate surface area is 117 Å². The molecule has 0 aromatic carbocycles. The highest BCUT2D eigenvalue weighted by molar-refractivity contribution is 5.83. The summed E-state index contributed by atoms with van der Waals surface area (Å²) in [7, 11) is 0. The largest absolute Gasteiger partial charge is 0.480 e. The van der Waals surface area contributed by atoms with E-state index < -0.39 is 12.0 Å². The number of unbranched alkanes of at least 4 members (excludes halogenated alkanes) is 1. The lowest BCUT2D eigenvalue weighted by molar-refractivity contribution is -0.142. The van der Waals surface area contributed by atoms with Gasteiger partial charge in [0, 0.05) is 25.2 Å². The normalized spacial score (nSPS) is 11.8. The average molecular weight is 280 g/mol. The average Bonchev–Trinajstić information content (AvgIpc) is 2.42. The van der Waals surface area contributed by atoms with Crippen molar-refractivity contribution in [2.45, 2.75) is 45.2 Å². The molecule has 6 nitrogen and oxygen atoms in total. The number of amides is 1. The van der Waals surface area contributed by atoms with Crippen LogP contribution in [0.1, 0.15) is 32.6 Å². The van der Waals surface area contributed by atoms with E-state index in [1.165, 1.54) is 10.6 Å². The summed E-state index contributed by atoms with van der Waals surface area (Å²) in [6, 6.07) is 3.90. The molecule has 0 radical (unpaired) electrons. The van der Waals surface area contributed by atoms with E-state index in [2.05, 4.69) is 5.32 Å². The molecule has 1 aromatic rings. The quantitative estimate of drug-likeness (QED) is 0.743. The molecule has 0 bridgehead atoms. The Morgan fingerprint density at radius 1 is 1.40 bits per heavy atom. The van der Waals surface area contributed by atoms with E-state index >= 15 is 0 Å².